The van der Waals surface area contributed by atoms with Crippen molar-refractivity contribution in [2.75, 3.05) is 11.9 Å². The third kappa shape index (κ3) is 2.79. The summed E-state index contributed by atoms with van der Waals surface area (Å²) in [6.07, 6.45) is 0.721. The minimum Gasteiger partial charge on any atom is -0.370 e. The molecule has 0 aliphatic heterocycles. The van der Waals surface area contributed by atoms with E-state index in [-0.39, 0.29) is 5.82 Å². The van der Waals surface area contributed by atoms with Crippen LogP contribution in [-0.2, 0) is 6.42 Å². The Bertz CT molecular complexity index is 623. The first-order valence-corrected chi connectivity index (χ1v) is 6.94. The monoisotopic (exact) mass is 273 g/mol. The number of aromatic nitrogens is 2. The lowest BCUT2D eigenvalue weighted by molar-refractivity contribution is 0.630. The maximum absolute atomic E-state index is 14.1. The third-order valence-corrected chi connectivity index (χ3v) is 3.23. The molecule has 0 radical (unpaired) electrons. The van der Waals surface area contributed by atoms with Crippen molar-refractivity contribution in [3.63, 3.8) is 0 Å². The minimum absolute atomic E-state index is 0.248. The fourth-order valence-corrected chi connectivity index (χ4v) is 2.14. The molecule has 0 aliphatic carbocycles. The van der Waals surface area contributed by atoms with E-state index in [1.165, 1.54) is 6.07 Å². The zero-order chi connectivity index (χ0) is 14.7. The van der Waals surface area contributed by atoms with Crippen molar-refractivity contribution in [3.05, 3.63) is 41.0 Å². The van der Waals surface area contributed by atoms with E-state index in [9.17, 15) is 4.39 Å². The van der Waals surface area contributed by atoms with Crippen LogP contribution < -0.4 is 5.32 Å². The molecule has 1 aromatic heterocycles. The molecule has 0 bridgehead atoms. The summed E-state index contributed by atoms with van der Waals surface area (Å²) in [7, 11) is 0. The molecule has 0 aliphatic rings. The third-order valence-electron chi connectivity index (χ3n) is 3.23. The molecule has 3 nitrogen and oxygen atoms in total. The summed E-state index contributed by atoms with van der Waals surface area (Å²) < 4.78 is 14.1. The molecule has 2 rings (SSSR count). The standard InChI is InChI=1S/C16H20FN3/c1-5-14-19-15(11(4)16(20-14)18-6-2)12-9-10(3)7-8-13(12)17/h7-9H,5-6H2,1-4H3,(H,18,19,20). The van der Waals surface area contributed by atoms with Gasteiger partial charge in [-0.2, -0.15) is 0 Å². The highest BCUT2D eigenvalue weighted by molar-refractivity contribution is 5.69. The lowest BCUT2D eigenvalue weighted by Crippen LogP contribution is -2.08. The Kier molecular flexibility index (Phi) is 4.32. The number of aryl methyl sites for hydroxylation is 2. The summed E-state index contributed by atoms with van der Waals surface area (Å²) in [6, 6.07) is 5.09. The zero-order valence-corrected chi connectivity index (χ0v) is 12.4. The number of nitrogens with zero attached hydrogens (tertiary/aromatic N) is 2. The topological polar surface area (TPSA) is 37.8 Å². The maximum Gasteiger partial charge on any atom is 0.133 e. The molecule has 2 aromatic rings. The van der Waals surface area contributed by atoms with Crippen LogP contribution in [0, 0.1) is 19.7 Å². The van der Waals surface area contributed by atoms with E-state index in [4.69, 9.17) is 0 Å². The predicted octanol–water partition coefficient (Wildman–Crippen LogP) is 3.89. The van der Waals surface area contributed by atoms with Gasteiger partial charge in [0.2, 0.25) is 0 Å². The normalized spacial score (nSPS) is 10.7. The van der Waals surface area contributed by atoms with Crippen molar-refractivity contribution in [3.8, 4) is 11.3 Å². The SMILES string of the molecule is CCNc1nc(CC)nc(-c2cc(C)ccc2F)c1C. The molecule has 0 amide bonds. The van der Waals surface area contributed by atoms with Gasteiger partial charge in [0.1, 0.15) is 17.5 Å². The van der Waals surface area contributed by atoms with Gasteiger partial charge in [-0.1, -0.05) is 18.6 Å². The Morgan fingerprint density at radius 3 is 2.55 bits per heavy atom. The molecule has 0 unspecified atom stereocenters. The Labute approximate surface area is 119 Å². The summed E-state index contributed by atoms with van der Waals surface area (Å²) in [5.74, 6) is 1.26. The maximum atomic E-state index is 14.1. The molecule has 0 atom stereocenters. The minimum atomic E-state index is -0.248. The summed E-state index contributed by atoms with van der Waals surface area (Å²) in [6.45, 7) is 8.66. The van der Waals surface area contributed by atoms with Crippen molar-refractivity contribution < 1.29 is 4.39 Å². The second-order valence-corrected chi connectivity index (χ2v) is 4.83. The van der Waals surface area contributed by atoms with Gasteiger partial charge in [-0.25, -0.2) is 14.4 Å². The Balaban J connectivity index is 2.65. The van der Waals surface area contributed by atoms with Crippen molar-refractivity contribution in [2.24, 2.45) is 0 Å². The number of nitrogens with one attached hydrogen (secondary N) is 1. The van der Waals surface area contributed by atoms with Crippen molar-refractivity contribution in [2.45, 2.75) is 34.1 Å². The van der Waals surface area contributed by atoms with Gasteiger partial charge in [0.05, 0.1) is 5.69 Å². The Morgan fingerprint density at radius 2 is 1.90 bits per heavy atom. The first-order chi connectivity index (χ1) is 9.56. The van der Waals surface area contributed by atoms with E-state index < -0.39 is 0 Å². The molecule has 0 saturated carbocycles. The van der Waals surface area contributed by atoms with Gasteiger partial charge < -0.3 is 5.32 Å². The summed E-state index contributed by atoms with van der Waals surface area (Å²) >= 11 is 0. The number of rotatable bonds is 4. The lowest BCUT2D eigenvalue weighted by Gasteiger charge is -2.14. The fourth-order valence-electron chi connectivity index (χ4n) is 2.14. The summed E-state index contributed by atoms with van der Waals surface area (Å²) in [4.78, 5) is 8.99. The molecule has 1 heterocycles. The highest BCUT2D eigenvalue weighted by Gasteiger charge is 2.15. The predicted molar refractivity (Wildman–Crippen MR) is 80.4 cm³/mol. The van der Waals surface area contributed by atoms with Gasteiger partial charge in [0.15, 0.2) is 0 Å². The highest BCUT2D eigenvalue weighted by atomic mass is 19.1. The highest BCUT2D eigenvalue weighted by Crippen LogP contribution is 2.28. The smallest absolute Gasteiger partial charge is 0.133 e. The van der Waals surface area contributed by atoms with Crippen LogP contribution >= 0.6 is 0 Å². The van der Waals surface area contributed by atoms with Gasteiger partial charge in [0.25, 0.3) is 0 Å². The molecule has 20 heavy (non-hydrogen) atoms. The van der Waals surface area contributed by atoms with Crippen molar-refractivity contribution in [1.29, 1.82) is 0 Å². The second-order valence-electron chi connectivity index (χ2n) is 4.83. The molecular weight excluding hydrogens is 253 g/mol. The van der Waals surface area contributed by atoms with Gasteiger partial charge in [-0.05, 0) is 32.9 Å². The number of benzene rings is 1. The number of hydrogen-bond donors (Lipinski definition) is 1. The number of halogens is 1. The van der Waals surface area contributed by atoms with Crippen LogP contribution in [0.3, 0.4) is 0 Å². The second kappa shape index (κ2) is 5.99. The lowest BCUT2D eigenvalue weighted by atomic mass is 10.0. The Hall–Kier alpha value is -1.97. The van der Waals surface area contributed by atoms with Crippen LogP contribution in [-0.4, -0.2) is 16.5 Å². The van der Waals surface area contributed by atoms with Crippen LogP contribution in [0.2, 0.25) is 0 Å². The first kappa shape index (κ1) is 14.4. The van der Waals surface area contributed by atoms with Crippen LogP contribution in [0.25, 0.3) is 11.3 Å². The molecule has 1 N–H and O–H groups in total. The molecule has 1 aromatic carbocycles. The Morgan fingerprint density at radius 1 is 1.15 bits per heavy atom. The molecule has 4 heteroatoms. The average Bonchev–Trinajstić information content (AvgIpc) is 2.44. The van der Waals surface area contributed by atoms with E-state index in [0.29, 0.717) is 11.3 Å². The van der Waals surface area contributed by atoms with E-state index in [2.05, 4.69) is 15.3 Å². The van der Waals surface area contributed by atoms with Crippen LogP contribution in [0.4, 0.5) is 10.2 Å². The van der Waals surface area contributed by atoms with Gasteiger partial charge in [-0.3, -0.25) is 0 Å². The molecular formula is C16H20FN3. The van der Waals surface area contributed by atoms with Crippen LogP contribution in [0.5, 0.6) is 0 Å². The molecule has 106 valence electrons. The average molecular weight is 273 g/mol. The van der Waals surface area contributed by atoms with E-state index in [1.54, 1.807) is 6.07 Å². The molecule has 0 spiro atoms. The van der Waals surface area contributed by atoms with Crippen molar-refractivity contribution in [1.82, 2.24) is 9.97 Å². The van der Waals surface area contributed by atoms with Gasteiger partial charge in [-0.15, -0.1) is 0 Å². The van der Waals surface area contributed by atoms with E-state index in [1.807, 2.05) is 33.8 Å². The first-order valence-electron chi connectivity index (χ1n) is 6.94. The van der Waals surface area contributed by atoms with Crippen LogP contribution in [0.15, 0.2) is 18.2 Å². The number of anilines is 1. The fraction of sp³-hybridized carbons (Fsp3) is 0.375. The molecule has 0 saturated heterocycles. The van der Waals surface area contributed by atoms with E-state index >= 15 is 0 Å². The quantitative estimate of drug-likeness (QED) is 0.918. The molecule has 0 fully saturated rings. The van der Waals surface area contributed by atoms with Gasteiger partial charge in [0, 0.05) is 24.1 Å². The van der Waals surface area contributed by atoms with E-state index in [0.717, 1.165) is 35.7 Å². The summed E-state index contributed by atoms with van der Waals surface area (Å²) in [5, 5.41) is 3.22. The number of hydrogen-bond acceptors (Lipinski definition) is 3. The zero-order valence-electron chi connectivity index (χ0n) is 12.4. The van der Waals surface area contributed by atoms with Crippen molar-refractivity contribution >= 4 is 5.82 Å². The largest absolute Gasteiger partial charge is 0.370 e. The summed E-state index contributed by atoms with van der Waals surface area (Å²) in [5.41, 5.74) is 3.11. The van der Waals surface area contributed by atoms with Gasteiger partial charge >= 0.3 is 0 Å². The van der Waals surface area contributed by atoms with Crippen LogP contribution in [0.1, 0.15) is 30.8 Å².